The van der Waals surface area contributed by atoms with Gasteiger partial charge >= 0.3 is 63.3 Å². The van der Waals surface area contributed by atoms with E-state index in [1.807, 2.05) is 0 Å². The molecule has 0 fully saturated rings. The van der Waals surface area contributed by atoms with Crippen molar-refractivity contribution in [2.75, 3.05) is 13.7 Å². The van der Waals surface area contributed by atoms with Gasteiger partial charge in [-0.25, -0.2) is 4.79 Å². The Kier molecular flexibility index (Phi) is 10.7. The second-order valence-electron chi connectivity index (χ2n) is 1.96. The number of esters is 2. The summed E-state index contributed by atoms with van der Waals surface area (Å²) in [5, 5.41) is 0. The number of hydrogen-bond acceptors (Lipinski definition) is 5. The average Bonchev–Trinajstić information content (AvgIpc) is 2.03. The third kappa shape index (κ3) is 8.60. The molecule has 0 aromatic carbocycles. The summed E-state index contributed by atoms with van der Waals surface area (Å²) < 4.78 is 8.87. The van der Waals surface area contributed by atoms with Crippen LogP contribution in [-0.2, 0) is 19.1 Å². The number of methoxy groups -OCH3 is 1. The molecule has 0 aliphatic heterocycles. The van der Waals surface area contributed by atoms with Crippen LogP contribution < -0.4 is 57.1 Å². The van der Waals surface area contributed by atoms with E-state index < -0.39 is 11.9 Å². The van der Waals surface area contributed by atoms with Gasteiger partial charge in [-0.15, -0.1) is 0 Å². The Morgan fingerprint density at radius 1 is 1.54 bits per heavy atom. The van der Waals surface area contributed by atoms with Crippen molar-refractivity contribution < 1.29 is 71.9 Å². The second kappa shape index (κ2) is 8.86. The van der Waals surface area contributed by atoms with Crippen LogP contribution in [0.2, 0.25) is 0 Å². The molecular weight excluding hydrogens is 201 g/mol. The largest absolute Gasteiger partial charge is 1.00 e. The van der Waals surface area contributed by atoms with Crippen molar-refractivity contribution in [3.8, 4) is 0 Å². The molecule has 0 bridgehead atoms. The van der Waals surface area contributed by atoms with Gasteiger partial charge in [0.2, 0.25) is 0 Å². The van der Waals surface area contributed by atoms with Crippen LogP contribution >= 0.6 is 0 Å². The monoisotopic (exact) mass is 213 g/mol. The first-order chi connectivity index (χ1) is 5.60. The van der Waals surface area contributed by atoms with Crippen molar-refractivity contribution in [3.63, 3.8) is 0 Å². The van der Waals surface area contributed by atoms with E-state index in [2.05, 4.69) is 9.47 Å². The molecule has 70 valence electrons. The van der Waals surface area contributed by atoms with E-state index in [9.17, 15) is 9.59 Å². The number of carbonyl (C=O) groups excluding carboxylic acids is 2. The van der Waals surface area contributed by atoms with Crippen LogP contribution in [0.1, 0.15) is 8.35 Å². The molecule has 0 atom stereocenters. The molecule has 0 heterocycles. The summed E-state index contributed by atoms with van der Waals surface area (Å²) >= 11 is 0. The van der Waals surface area contributed by atoms with Crippen LogP contribution in [0.25, 0.3) is 0 Å². The first-order valence-electron chi connectivity index (χ1n) is 3.27. The van der Waals surface area contributed by atoms with E-state index in [-0.39, 0.29) is 65.1 Å². The Morgan fingerprint density at radius 3 is 2.46 bits per heavy atom. The van der Waals surface area contributed by atoms with Gasteiger partial charge < -0.3 is 16.6 Å². The summed E-state index contributed by atoms with van der Waals surface area (Å²) in [6, 6.07) is 0. The fourth-order valence-electron chi connectivity index (χ4n) is 0.476. The minimum atomic E-state index is -0.590. The molecule has 0 unspecified atom stereocenters. The van der Waals surface area contributed by atoms with Crippen LogP contribution in [0, 0.1) is 0 Å². The van der Waals surface area contributed by atoms with E-state index in [4.69, 9.17) is 5.73 Å². The minimum Gasteiger partial charge on any atom is -1.00 e. The van der Waals surface area contributed by atoms with E-state index in [1.54, 1.807) is 0 Å². The van der Waals surface area contributed by atoms with Gasteiger partial charge in [-0.2, -0.15) is 0 Å². The maximum atomic E-state index is 10.6. The zero-order valence-electron chi connectivity index (χ0n) is 8.99. The van der Waals surface area contributed by atoms with Crippen LogP contribution in [0.3, 0.4) is 0 Å². The van der Waals surface area contributed by atoms with Crippen LogP contribution in [0.15, 0.2) is 11.8 Å². The first-order valence-corrected chi connectivity index (χ1v) is 3.27. The minimum absolute atomic E-state index is 0. The molecule has 0 saturated carbocycles. The van der Waals surface area contributed by atoms with Gasteiger partial charge in [0.15, 0.2) is 0 Å². The fourth-order valence-corrected chi connectivity index (χ4v) is 0.476. The van der Waals surface area contributed by atoms with E-state index >= 15 is 0 Å². The van der Waals surface area contributed by atoms with Crippen molar-refractivity contribution in [1.82, 2.24) is 0 Å². The standard InChI is InChI=1S/C7H11NO4.K.H/c1-5(3-6(9)11-2)12-7(10)4-8;;/h3H,4,8H2,1-2H3;;/q;+1;-1. The van der Waals surface area contributed by atoms with E-state index in [1.165, 1.54) is 14.0 Å². The molecule has 13 heavy (non-hydrogen) atoms. The molecule has 0 aromatic rings. The van der Waals surface area contributed by atoms with Gasteiger partial charge in [0, 0.05) is 0 Å². The number of hydrogen-bond donors (Lipinski definition) is 1. The predicted molar refractivity (Wildman–Crippen MR) is 42.0 cm³/mol. The van der Waals surface area contributed by atoms with E-state index in [0.29, 0.717) is 0 Å². The van der Waals surface area contributed by atoms with Crippen LogP contribution in [0.4, 0.5) is 0 Å². The first kappa shape index (κ1) is 15.7. The molecule has 0 aliphatic carbocycles. The summed E-state index contributed by atoms with van der Waals surface area (Å²) in [4.78, 5) is 21.1. The summed E-state index contributed by atoms with van der Waals surface area (Å²) in [6.07, 6.45) is 1.06. The van der Waals surface area contributed by atoms with Gasteiger partial charge in [0.05, 0.1) is 19.7 Å². The average molecular weight is 213 g/mol. The Labute approximate surface area is 121 Å². The molecule has 0 saturated heterocycles. The molecule has 0 aliphatic rings. The molecule has 0 rings (SSSR count). The van der Waals surface area contributed by atoms with Crippen LogP contribution in [-0.4, -0.2) is 25.6 Å². The van der Waals surface area contributed by atoms with Gasteiger partial charge in [0.1, 0.15) is 5.76 Å². The number of ether oxygens (including phenoxy) is 2. The zero-order valence-corrected chi connectivity index (χ0v) is 11.1. The Balaban J connectivity index is -0.000000605. The number of nitrogens with two attached hydrogens (primary N) is 1. The third-order valence-corrected chi connectivity index (χ3v) is 0.964. The zero-order chi connectivity index (χ0) is 9.56. The Morgan fingerprint density at radius 2 is 2.08 bits per heavy atom. The number of allylic oxidation sites excluding steroid dienone is 1. The SMILES string of the molecule is COC(=O)C=C(C)OC(=O)CN.[H-].[K+]. The predicted octanol–water partition coefficient (Wildman–Crippen LogP) is -3.32. The van der Waals surface area contributed by atoms with Gasteiger partial charge in [-0.3, -0.25) is 4.79 Å². The second-order valence-corrected chi connectivity index (χ2v) is 1.96. The molecule has 6 heteroatoms. The quantitative estimate of drug-likeness (QED) is 0.230. The maximum absolute atomic E-state index is 10.6. The van der Waals surface area contributed by atoms with Gasteiger partial charge in [0.25, 0.3) is 0 Å². The third-order valence-electron chi connectivity index (χ3n) is 0.964. The van der Waals surface area contributed by atoms with E-state index in [0.717, 1.165) is 6.08 Å². The Hall–Kier alpha value is 0.276. The molecule has 0 amide bonds. The maximum Gasteiger partial charge on any atom is 1.00 e. The molecule has 5 nitrogen and oxygen atoms in total. The summed E-state index contributed by atoms with van der Waals surface area (Å²) in [5.41, 5.74) is 4.97. The van der Waals surface area contributed by atoms with Crippen LogP contribution in [0.5, 0.6) is 0 Å². The van der Waals surface area contributed by atoms with Crippen molar-refractivity contribution >= 4 is 11.9 Å². The molecule has 0 aromatic heterocycles. The van der Waals surface area contributed by atoms with Gasteiger partial charge in [-0.05, 0) is 6.92 Å². The van der Waals surface area contributed by atoms with Crippen molar-refractivity contribution in [3.05, 3.63) is 11.8 Å². The fraction of sp³-hybridized carbons (Fsp3) is 0.429. The number of rotatable bonds is 3. The number of carbonyl (C=O) groups is 2. The topological polar surface area (TPSA) is 78.6 Å². The summed E-state index contributed by atoms with van der Waals surface area (Å²) in [7, 11) is 1.23. The molecule has 2 N–H and O–H groups in total. The normalized spacial score (nSPS) is 9.92. The van der Waals surface area contributed by atoms with Crippen molar-refractivity contribution in [1.29, 1.82) is 0 Å². The summed E-state index contributed by atoms with van der Waals surface area (Å²) in [5.74, 6) is -0.998. The molecule has 0 radical (unpaired) electrons. The smallest absolute Gasteiger partial charge is 1.00 e. The Bertz CT molecular complexity index is 220. The van der Waals surface area contributed by atoms with Crippen molar-refractivity contribution in [2.24, 2.45) is 5.73 Å². The molecular formula is C7H12KNO4. The van der Waals surface area contributed by atoms with Crippen molar-refractivity contribution in [2.45, 2.75) is 6.92 Å². The van der Waals surface area contributed by atoms with Gasteiger partial charge in [-0.1, -0.05) is 0 Å². The summed E-state index contributed by atoms with van der Waals surface area (Å²) in [6.45, 7) is 1.25. The molecule has 0 spiro atoms.